The summed E-state index contributed by atoms with van der Waals surface area (Å²) in [6.45, 7) is 0. The molecule has 4 heteroatoms. The quantitative estimate of drug-likeness (QED) is 0.518. The van der Waals surface area contributed by atoms with Crippen LogP contribution >= 0.6 is 12.6 Å². The monoisotopic (exact) mass is 193 g/mol. The summed E-state index contributed by atoms with van der Waals surface area (Å²) < 4.78 is 0. The number of carboxylic acid groups (broad SMARTS) is 1. The SMILES string of the molecule is O=C(O)c1cc(C#CCS)ccn1. The number of aromatic carboxylic acids is 1. The molecule has 66 valence electrons. The molecule has 0 saturated heterocycles. The van der Waals surface area contributed by atoms with Gasteiger partial charge in [-0.3, -0.25) is 0 Å². The number of thiol groups is 1. The van der Waals surface area contributed by atoms with E-state index in [1.54, 1.807) is 6.07 Å². The van der Waals surface area contributed by atoms with Crippen LogP contribution in [0.15, 0.2) is 18.3 Å². The number of carbonyl (C=O) groups is 1. The highest BCUT2D eigenvalue weighted by Gasteiger charge is 2.02. The maximum Gasteiger partial charge on any atom is 0.354 e. The second-order valence-corrected chi connectivity index (χ2v) is 2.51. The normalized spacial score (nSPS) is 8.69. The smallest absolute Gasteiger partial charge is 0.354 e. The first-order valence-corrected chi connectivity index (χ1v) is 4.16. The van der Waals surface area contributed by atoms with E-state index in [2.05, 4.69) is 29.5 Å². The van der Waals surface area contributed by atoms with Gasteiger partial charge in [0.2, 0.25) is 0 Å². The lowest BCUT2D eigenvalue weighted by atomic mass is 10.2. The van der Waals surface area contributed by atoms with E-state index in [0.29, 0.717) is 11.3 Å². The minimum absolute atomic E-state index is 0.00552. The fourth-order valence-electron chi connectivity index (χ4n) is 0.767. The first-order valence-electron chi connectivity index (χ1n) is 3.53. The van der Waals surface area contributed by atoms with Crippen molar-refractivity contribution in [1.29, 1.82) is 0 Å². The molecule has 0 radical (unpaired) electrons. The van der Waals surface area contributed by atoms with E-state index in [-0.39, 0.29) is 5.69 Å². The van der Waals surface area contributed by atoms with Gasteiger partial charge in [-0.05, 0) is 12.1 Å². The van der Waals surface area contributed by atoms with Gasteiger partial charge < -0.3 is 5.11 Å². The van der Waals surface area contributed by atoms with E-state index in [1.807, 2.05) is 0 Å². The third-order valence-electron chi connectivity index (χ3n) is 1.29. The Labute approximate surface area is 81.2 Å². The molecule has 0 aliphatic carbocycles. The molecular formula is C9H7NO2S. The van der Waals surface area contributed by atoms with E-state index in [4.69, 9.17) is 5.11 Å². The topological polar surface area (TPSA) is 50.2 Å². The van der Waals surface area contributed by atoms with Crippen LogP contribution in [0.1, 0.15) is 16.1 Å². The summed E-state index contributed by atoms with van der Waals surface area (Å²) in [7, 11) is 0. The summed E-state index contributed by atoms with van der Waals surface area (Å²) in [5.74, 6) is 4.89. The van der Waals surface area contributed by atoms with Crippen molar-refractivity contribution in [3.8, 4) is 11.8 Å². The summed E-state index contributed by atoms with van der Waals surface area (Å²) in [6.07, 6.45) is 1.42. The molecule has 1 aromatic rings. The molecule has 1 N–H and O–H groups in total. The third kappa shape index (κ3) is 2.80. The summed E-state index contributed by atoms with van der Waals surface area (Å²) in [5, 5.41) is 8.61. The van der Waals surface area contributed by atoms with Gasteiger partial charge in [0.15, 0.2) is 0 Å². The number of aromatic nitrogens is 1. The van der Waals surface area contributed by atoms with E-state index < -0.39 is 5.97 Å². The van der Waals surface area contributed by atoms with Crippen LogP contribution in [0.4, 0.5) is 0 Å². The Kier molecular flexibility index (Phi) is 3.35. The molecule has 3 nitrogen and oxygen atoms in total. The standard InChI is InChI=1S/C9H7NO2S/c11-9(12)8-6-7(2-1-5-13)3-4-10-8/h3-4,6,13H,5H2,(H,11,12). The molecule has 1 heterocycles. The predicted molar refractivity (Wildman–Crippen MR) is 51.9 cm³/mol. The Hall–Kier alpha value is -1.47. The van der Waals surface area contributed by atoms with Crippen LogP contribution in [0, 0.1) is 11.8 Å². The van der Waals surface area contributed by atoms with Gasteiger partial charge in [-0.25, -0.2) is 9.78 Å². The fraction of sp³-hybridized carbons (Fsp3) is 0.111. The molecule has 1 rings (SSSR count). The van der Waals surface area contributed by atoms with Crippen LogP contribution in [-0.4, -0.2) is 21.8 Å². The zero-order valence-electron chi connectivity index (χ0n) is 6.69. The van der Waals surface area contributed by atoms with E-state index in [0.717, 1.165) is 0 Å². The van der Waals surface area contributed by atoms with E-state index in [9.17, 15) is 4.79 Å². The van der Waals surface area contributed by atoms with Crippen LogP contribution in [0.25, 0.3) is 0 Å². The van der Waals surface area contributed by atoms with Gasteiger partial charge >= 0.3 is 5.97 Å². The highest BCUT2D eigenvalue weighted by molar-refractivity contribution is 7.80. The summed E-state index contributed by atoms with van der Waals surface area (Å²) in [6, 6.07) is 3.08. The van der Waals surface area contributed by atoms with Crippen LogP contribution in [0.2, 0.25) is 0 Å². The zero-order valence-corrected chi connectivity index (χ0v) is 7.58. The number of hydrogen-bond donors (Lipinski definition) is 2. The molecule has 0 unspecified atom stereocenters. The second-order valence-electron chi connectivity index (χ2n) is 2.19. The number of rotatable bonds is 1. The van der Waals surface area contributed by atoms with Gasteiger partial charge in [-0.1, -0.05) is 11.8 Å². The third-order valence-corrected chi connectivity index (χ3v) is 1.45. The molecule has 0 fully saturated rings. The Bertz CT molecular complexity index is 379. The highest BCUT2D eigenvalue weighted by atomic mass is 32.1. The molecule has 0 atom stereocenters. The van der Waals surface area contributed by atoms with Crippen molar-refractivity contribution in [2.45, 2.75) is 0 Å². The molecule has 0 amide bonds. The number of carboxylic acids is 1. The van der Waals surface area contributed by atoms with Crippen LogP contribution in [0.5, 0.6) is 0 Å². The first-order chi connectivity index (χ1) is 6.24. The Morgan fingerprint density at radius 1 is 1.69 bits per heavy atom. The molecule has 0 aromatic carbocycles. The molecule has 13 heavy (non-hydrogen) atoms. The molecular weight excluding hydrogens is 186 g/mol. The van der Waals surface area contributed by atoms with Crippen molar-refractivity contribution in [2.24, 2.45) is 0 Å². The maximum atomic E-state index is 10.5. The number of hydrogen-bond acceptors (Lipinski definition) is 3. The predicted octanol–water partition coefficient (Wildman–Crippen LogP) is 1.06. The van der Waals surface area contributed by atoms with Crippen molar-refractivity contribution in [2.75, 3.05) is 5.75 Å². The van der Waals surface area contributed by atoms with Gasteiger partial charge in [0.25, 0.3) is 0 Å². The highest BCUT2D eigenvalue weighted by Crippen LogP contribution is 1.99. The minimum atomic E-state index is -1.05. The van der Waals surface area contributed by atoms with Crippen molar-refractivity contribution >= 4 is 18.6 Å². The number of nitrogens with zero attached hydrogens (tertiary/aromatic N) is 1. The summed E-state index contributed by atoms with van der Waals surface area (Å²) in [5.41, 5.74) is 0.646. The van der Waals surface area contributed by atoms with Gasteiger partial charge in [0.1, 0.15) is 5.69 Å². The molecule has 0 spiro atoms. The van der Waals surface area contributed by atoms with Gasteiger partial charge in [0, 0.05) is 11.8 Å². The minimum Gasteiger partial charge on any atom is -0.477 e. The lowest BCUT2D eigenvalue weighted by Gasteiger charge is -1.92. The Morgan fingerprint density at radius 2 is 2.46 bits per heavy atom. The fourth-order valence-corrected chi connectivity index (χ4v) is 0.846. The summed E-state index contributed by atoms with van der Waals surface area (Å²) in [4.78, 5) is 14.2. The van der Waals surface area contributed by atoms with Crippen molar-refractivity contribution in [3.63, 3.8) is 0 Å². The average molecular weight is 193 g/mol. The lowest BCUT2D eigenvalue weighted by molar-refractivity contribution is 0.0690. The number of pyridine rings is 1. The maximum absolute atomic E-state index is 10.5. The van der Waals surface area contributed by atoms with E-state index in [1.165, 1.54) is 12.3 Å². The Balaban J connectivity index is 2.98. The Morgan fingerprint density at radius 3 is 3.08 bits per heavy atom. The molecule has 0 aliphatic heterocycles. The van der Waals surface area contributed by atoms with Gasteiger partial charge in [-0.15, -0.1) is 0 Å². The van der Waals surface area contributed by atoms with Crippen LogP contribution in [-0.2, 0) is 0 Å². The van der Waals surface area contributed by atoms with Gasteiger partial charge in [-0.2, -0.15) is 12.6 Å². The van der Waals surface area contributed by atoms with Gasteiger partial charge in [0.05, 0.1) is 5.75 Å². The first kappa shape index (κ1) is 9.62. The molecule has 1 aromatic heterocycles. The van der Waals surface area contributed by atoms with E-state index >= 15 is 0 Å². The van der Waals surface area contributed by atoms with Crippen molar-refractivity contribution in [3.05, 3.63) is 29.6 Å². The molecule has 0 bridgehead atoms. The van der Waals surface area contributed by atoms with Crippen molar-refractivity contribution in [1.82, 2.24) is 4.98 Å². The zero-order chi connectivity index (χ0) is 9.68. The lowest BCUT2D eigenvalue weighted by Crippen LogP contribution is -1.99. The largest absolute Gasteiger partial charge is 0.477 e. The molecule has 0 saturated carbocycles. The second kappa shape index (κ2) is 4.53. The average Bonchev–Trinajstić information content (AvgIpc) is 2.15. The van der Waals surface area contributed by atoms with Crippen LogP contribution in [0.3, 0.4) is 0 Å². The summed E-state index contributed by atoms with van der Waals surface area (Å²) >= 11 is 3.91. The van der Waals surface area contributed by atoms with Crippen molar-refractivity contribution < 1.29 is 9.90 Å². The molecule has 0 aliphatic rings. The van der Waals surface area contributed by atoms with Crippen LogP contribution < -0.4 is 0 Å².